The van der Waals surface area contributed by atoms with Gasteiger partial charge in [-0.15, -0.1) is 11.8 Å². The fraction of sp³-hybridized carbons (Fsp3) is 0.571. The molecule has 3 N–H and O–H groups in total. The molecule has 0 aliphatic rings. The molecule has 1 aromatic carbocycles. The number of aliphatic hydroxyl groups excluding tert-OH is 3. The van der Waals surface area contributed by atoms with Crippen LogP contribution in [0.2, 0.25) is 0 Å². The number of benzene rings is 1. The zero-order chi connectivity index (χ0) is 13.8. The monoisotopic (exact) mass is 270 g/mol. The van der Waals surface area contributed by atoms with Crippen LogP contribution in [0.1, 0.15) is 27.2 Å². The first kappa shape index (κ1) is 15.5. The summed E-state index contributed by atoms with van der Waals surface area (Å²) in [5.74, 6) is 0. The summed E-state index contributed by atoms with van der Waals surface area (Å²) in [7, 11) is 0. The predicted octanol–water partition coefficient (Wildman–Crippen LogP) is 2.05. The van der Waals surface area contributed by atoms with Crippen LogP contribution in [-0.4, -0.2) is 38.4 Å². The standard InChI is InChI=1S/C14H22O3S/c1-10(15)12(16)9-13(17)14(2,3)18-11-7-5-4-6-8-11/h4-8,10,12-13,15-17H,9H2,1-3H3/t10-,12+,13+/m0/s1. The van der Waals surface area contributed by atoms with Gasteiger partial charge in [-0.3, -0.25) is 0 Å². The van der Waals surface area contributed by atoms with Crippen molar-refractivity contribution in [2.24, 2.45) is 0 Å². The molecule has 0 fully saturated rings. The minimum atomic E-state index is -0.893. The highest BCUT2D eigenvalue weighted by Crippen LogP contribution is 2.36. The average Bonchev–Trinajstić information content (AvgIpc) is 2.29. The molecule has 0 spiro atoms. The molecule has 3 atom stereocenters. The maximum atomic E-state index is 10.2. The molecule has 0 aromatic heterocycles. The van der Waals surface area contributed by atoms with Crippen LogP contribution < -0.4 is 0 Å². The van der Waals surface area contributed by atoms with Gasteiger partial charge in [0.2, 0.25) is 0 Å². The predicted molar refractivity (Wildman–Crippen MR) is 74.7 cm³/mol. The normalized spacial score (nSPS) is 17.2. The zero-order valence-corrected chi connectivity index (χ0v) is 11.9. The third-order valence-corrected chi connectivity index (χ3v) is 4.25. The summed E-state index contributed by atoms with van der Waals surface area (Å²) in [5.41, 5.74) is 0. The van der Waals surface area contributed by atoms with Crippen molar-refractivity contribution >= 4 is 11.8 Å². The van der Waals surface area contributed by atoms with Crippen LogP contribution in [-0.2, 0) is 0 Å². The molecule has 1 rings (SSSR count). The Morgan fingerprint density at radius 2 is 1.67 bits per heavy atom. The zero-order valence-electron chi connectivity index (χ0n) is 11.1. The van der Waals surface area contributed by atoms with Gasteiger partial charge in [-0.2, -0.15) is 0 Å². The lowest BCUT2D eigenvalue weighted by atomic mass is 9.98. The number of hydrogen-bond donors (Lipinski definition) is 3. The van der Waals surface area contributed by atoms with Crippen molar-refractivity contribution in [2.75, 3.05) is 0 Å². The molecule has 0 bridgehead atoms. The third-order valence-electron chi connectivity index (χ3n) is 2.95. The Morgan fingerprint density at radius 3 is 2.17 bits per heavy atom. The molecule has 0 saturated carbocycles. The van der Waals surface area contributed by atoms with E-state index in [1.165, 1.54) is 6.92 Å². The van der Waals surface area contributed by atoms with Crippen molar-refractivity contribution in [3.8, 4) is 0 Å². The van der Waals surface area contributed by atoms with E-state index in [0.29, 0.717) is 0 Å². The van der Waals surface area contributed by atoms with Crippen LogP contribution in [0.4, 0.5) is 0 Å². The maximum absolute atomic E-state index is 10.2. The van der Waals surface area contributed by atoms with E-state index in [-0.39, 0.29) is 6.42 Å². The summed E-state index contributed by atoms with van der Waals surface area (Å²) in [6, 6.07) is 9.84. The molecular formula is C14H22O3S. The van der Waals surface area contributed by atoms with Crippen LogP contribution >= 0.6 is 11.8 Å². The summed E-state index contributed by atoms with van der Waals surface area (Å²) in [4.78, 5) is 1.08. The third kappa shape index (κ3) is 4.61. The quantitative estimate of drug-likeness (QED) is 0.692. The van der Waals surface area contributed by atoms with E-state index in [0.717, 1.165) is 4.90 Å². The van der Waals surface area contributed by atoms with Gasteiger partial charge >= 0.3 is 0 Å². The van der Waals surface area contributed by atoms with Gasteiger partial charge in [0, 0.05) is 16.1 Å². The highest BCUT2D eigenvalue weighted by Gasteiger charge is 2.31. The van der Waals surface area contributed by atoms with Gasteiger partial charge in [0.25, 0.3) is 0 Å². The Labute approximate surface area is 113 Å². The fourth-order valence-corrected chi connectivity index (χ4v) is 2.70. The first-order chi connectivity index (χ1) is 8.33. The first-order valence-electron chi connectivity index (χ1n) is 6.11. The summed E-state index contributed by atoms with van der Waals surface area (Å²) >= 11 is 1.56. The van der Waals surface area contributed by atoms with E-state index >= 15 is 0 Å². The van der Waals surface area contributed by atoms with Gasteiger partial charge < -0.3 is 15.3 Å². The summed E-state index contributed by atoms with van der Waals surface area (Å²) in [6.45, 7) is 5.39. The number of aliphatic hydroxyl groups is 3. The molecule has 0 saturated heterocycles. The van der Waals surface area contributed by atoms with E-state index < -0.39 is 23.1 Å². The number of thioether (sulfide) groups is 1. The van der Waals surface area contributed by atoms with Crippen LogP contribution in [0.5, 0.6) is 0 Å². The van der Waals surface area contributed by atoms with Gasteiger partial charge in [-0.1, -0.05) is 18.2 Å². The number of rotatable bonds is 6. The molecule has 0 aliphatic carbocycles. The maximum Gasteiger partial charge on any atom is 0.0821 e. The Morgan fingerprint density at radius 1 is 1.11 bits per heavy atom. The van der Waals surface area contributed by atoms with Gasteiger partial charge in [0.05, 0.1) is 18.3 Å². The second kappa shape index (κ2) is 6.57. The molecule has 0 amide bonds. The van der Waals surface area contributed by atoms with Gasteiger partial charge in [-0.05, 0) is 32.9 Å². The lowest BCUT2D eigenvalue weighted by molar-refractivity contribution is -0.00907. The lowest BCUT2D eigenvalue weighted by Crippen LogP contribution is -2.38. The van der Waals surface area contributed by atoms with Crippen molar-refractivity contribution in [3.63, 3.8) is 0 Å². The SMILES string of the molecule is C[C@H](O)[C@H](O)C[C@@H](O)C(C)(C)Sc1ccccc1. The fourth-order valence-electron chi connectivity index (χ4n) is 1.57. The van der Waals surface area contributed by atoms with Crippen molar-refractivity contribution in [3.05, 3.63) is 30.3 Å². The second-order valence-corrected chi connectivity index (χ2v) is 6.81. The van der Waals surface area contributed by atoms with Crippen LogP contribution in [0.3, 0.4) is 0 Å². The minimum Gasteiger partial charge on any atom is -0.392 e. The van der Waals surface area contributed by atoms with Gasteiger partial charge in [0.1, 0.15) is 0 Å². The molecule has 4 heteroatoms. The van der Waals surface area contributed by atoms with Crippen molar-refractivity contribution in [2.45, 2.75) is 55.1 Å². The largest absolute Gasteiger partial charge is 0.392 e. The summed E-state index contributed by atoms with van der Waals surface area (Å²) in [5, 5.41) is 29.0. The van der Waals surface area contributed by atoms with Gasteiger partial charge in [0.15, 0.2) is 0 Å². The Balaban J connectivity index is 2.62. The molecule has 0 aliphatic heterocycles. The second-order valence-electron chi connectivity index (χ2n) is 5.08. The molecule has 1 aromatic rings. The first-order valence-corrected chi connectivity index (χ1v) is 6.93. The van der Waals surface area contributed by atoms with E-state index in [1.807, 2.05) is 44.2 Å². The van der Waals surface area contributed by atoms with Crippen LogP contribution in [0.15, 0.2) is 35.2 Å². The van der Waals surface area contributed by atoms with Gasteiger partial charge in [-0.25, -0.2) is 0 Å². The van der Waals surface area contributed by atoms with Crippen molar-refractivity contribution in [1.82, 2.24) is 0 Å². The Kier molecular flexibility index (Phi) is 5.66. The van der Waals surface area contributed by atoms with E-state index in [1.54, 1.807) is 11.8 Å². The van der Waals surface area contributed by atoms with Crippen LogP contribution in [0, 0.1) is 0 Å². The smallest absolute Gasteiger partial charge is 0.0821 e. The molecule has 3 nitrogen and oxygen atoms in total. The van der Waals surface area contributed by atoms with Crippen molar-refractivity contribution < 1.29 is 15.3 Å². The molecule has 0 heterocycles. The summed E-state index contributed by atoms with van der Waals surface area (Å²) < 4.78 is -0.419. The molecule has 0 unspecified atom stereocenters. The van der Waals surface area contributed by atoms with Crippen molar-refractivity contribution in [1.29, 1.82) is 0 Å². The van der Waals surface area contributed by atoms with E-state index in [2.05, 4.69) is 0 Å². The van der Waals surface area contributed by atoms with E-state index in [9.17, 15) is 15.3 Å². The van der Waals surface area contributed by atoms with E-state index in [4.69, 9.17) is 0 Å². The Bertz CT molecular complexity index is 351. The molecular weight excluding hydrogens is 248 g/mol. The molecule has 0 radical (unpaired) electrons. The average molecular weight is 270 g/mol. The Hall–Kier alpha value is -0.550. The number of hydrogen-bond acceptors (Lipinski definition) is 4. The highest BCUT2D eigenvalue weighted by atomic mass is 32.2. The summed E-state index contributed by atoms with van der Waals surface area (Å²) in [6.07, 6.45) is -2.23. The highest BCUT2D eigenvalue weighted by molar-refractivity contribution is 8.00. The lowest BCUT2D eigenvalue weighted by Gasteiger charge is -2.31. The minimum absolute atomic E-state index is 0.171. The van der Waals surface area contributed by atoms with Crippen LogP contribution in [0.25, 0.3) is 0 Å². The molecule has 102 valence electrons. The molecule has 18 heavy (non-hydrogen) atoms. The topological polar surface area (TPSA) is 60.7 Å².